The zero-order valence-electron chi connectivity index (χ0n) is 15.0. The lowest BCUT2D eigenvalue weighted by Crippen LogP contribution is -2.48. The van der Waals surface area contributed by atoms with Gasteiger partial charge in [-0.25, -0.2) is 0 Å². The lowest BCUT2D eigenvalue weighted by molar-refractivity contribution is -0.134. The first-order valence-corrected chi connectivity index (χ1v) is 10.2. The zero-order chi connectivity index (χ0) is 17.4. The van der Waals surface area contributed by atoms with Crippen LogP contribution in [0.3, 0.4) is 0 Å². The summed E-state index contributed by atoms with van der Waals surface area (Å²) in [5, 5.41) is 0. The molecule has 0 unspecified atom stereocenters. The molecule has 24 heavy (non-hydrogen) atoms. The number of rotatable bonds is 8. The molecule has 2 rings (SSSR count). The Kier molecular flexibility index (Phi) is 8.09. The normalized spacial score (nSPS) is 17.2. The first-order valence-electron chi connectivity index (χ1n) is 8.86. The molecule has 0 aromatic heterocycles. The molecule has 5 heteroatoms. The van der Waals surface area contributed by atoms with Crippen LogP contribution in [0, 0.1) is 5.92 Å². The molecule has 4 nitrogen and oxygen atoms in total. The molecule has 0 spiro atoms. The molecule has 0 saturated carbocycles. The van der Waals surface area contributed by atoms with E-state index < -0.39 is 0 Å². The van der Waals surface area contributed by atoms with Gasteiger partial charge in [-0.2, -0.15) is 11.8 Å². The van der Waals surface area contributed by atoms with Crippen molar-refractivity contribution in [2.24, 2.45) is 11.7 Å². The molecule has 1 atom stereocenters. The average Bonchev–Trinajstić information content (AvgIpc) is 2.60. The van der Waals surface area contributed by atoms with E-state index >= 15 is 0 Å². The first-order chi connectivity index (χ1) is 11.6. The van der Waals surface area contributed by atoms with Crippen LogP contribution >= 0.6 is 11.8 Å². The minimum atomic E-state index is -0.324. The van der Waals surface area contributed by atoms with E-state index in [2.05, 4.69) is 48.5 Å². The molecule has 1 aliphatic rings. The van der Waals surface area contributed by atoms with Gasteiger partial charge in [0, 0.05) is 26.2 Å². The monoisotopic (exact) mass is 349 g/mol. The largest absolute Gasteiger partial charge is 0.341 e. The molecular weight excluding hydrogens is 318 g/mol. The highest BCUT2D eigenvalue weighted by molar-refractivity contribution is 7.98. The summed E-state index contributed by atoms with van der Waals surface area (Å²) in [6.45, 7) is 3.79. The van der Waals surface area contributed by atoms with Crippen LogP contribution in [0.15, 0.2) is 30.3 Å². The highest BCUT2D eigenvalue weighted by Gasteiger charge is 2.26. The van der Waals surface area contributed by atoms with Crippen molar-refractivity contribution in [1.29, 1.82) is 0 Å². The first kappa shape index (κ1) is 19.3. The number of carbonyl (C=O) groups is 1. The predicted octanol–water partition coefficient (Wildman–Crippen LogP) is 2.44. The van der Waals surface area contributed by atoms with Crippen LogP contribution in [0.25, 0.3) is 0 Å². The summed E-state index contributed by atoms with van der Waals surface area (Å²) in [4.78, 5) is 16.7. The Morgan fingerprint density at radius 2 is 2.00 bits per heavy atom. The van der Waals surface area contributed by atoms with E-state index in [1.165, 1.54) is 5.56 Å². The Labute approximate surface area is 150 Å². The number of nitrogens with two attached hydrogens (primary N) is 1. The van der Waals surface area contributed by atoms with Crippen LogP contribution < -0.4 is 5.73 Å². The fourth-order valence-electron chi connectivity index (χ4n) is 3.34. The number of hydrogen-bond donors (Lipinski definition) is 1. The van der Waals surface area contributed by atoms with Gasteiger partial charge in [-0.15, -0.1) is 0 Å². The van der Waals surface area contributed by atoms with Crippen LogP contribution in [0.1, 0.15) is 24.8 Å². The molecule has 1 amide bonds. The van der Waals surface area contributed by atoms with E-state index in [0.29, 0.717) is 5.92 Å². The minimum Gasteiger partial charge on any atom is -0.341 e. The highest BCUT2D eigenvalue weighted by Crippen LogP contribution is 2.20. The third kappa shape index (κ3) is 6.11. The van der Waals surface area contributed by atoms with Crippen LogP contribution in [-0.4, -0.2) is 60.4 Å². The summed E-state index contributed by atoms with van der Waals surface area (Å²) in [6.07, 6.45) is 4.99. The maximum atomic E-state index is 12.4. The van der Waals surface area contributed by atoms with Crippen molar-refractivity contribution in [3.05, 3.63) is 35.9 Å². The second-order valence-electron chi connectivity index (χ2n) is 6.84. The SMILES string of the molecule is CSCC[C@H](N)C(=O)N1CCC(CN(C)Cc2ccccc2)CC1. The van der Waals surface area contributed by atoms with E-state index in [1.807, 2.05) is 4.90 Å². The van der Waals surface area contributed by atoms with Gasteiger partial charge in [0.05, 0.1) is 6.04 Å². The summed E-state index contributed by atoms with van der Waals surface area (Å²) in [5.41, 5.74) is 7.38. The number of carbonyl (C=O) groups excluding carboxylic acids is 1. The van der Waals surface area contributed by atoms with E-state index in [-0.39, 0.29) is 11.9 Å². The number of nitrogens with zero attached hydrogens (tertiary/aromatic N) is 2. The van der Waals surface area contributed by atoms with Crippen molar-refractivity contribution < 1.29 is 4.79 Å². The van der Waals surface area contributed by atoms with Gasteiger partial charge >= 0.3 is 0 Å². The molecule has 1 aliphatic heterocycles. The summed E-state index contributed by atoms with van der Waals surface area (Å²) in [7, 11) is 2.18. The molecule has 134 valence electrons. The standard InChI is InChI=1S/C19H31N3OS/c1-21(14-16-6-4-3-5-7-16)15-17-8-11-22(12-9-17)19(23)18(20)10-13-24-2/h3-7,17-18H,8-15,20H2,1-2H3/t18-/m0/s1. The Morgan fingerprint density at radius 3 is 2.62 bits per heavy atom. The molecule has 0 aliphatic carbocycles. The number of hydrogen-bond acceptors (Lipinski definition) is 4. The molecule has 0 bridgehead atoms. The summed E-state index contributed by atoms with van der Waals surface area (Å²) in [6, 6.07) is 10.3. The van der Waals surface area contributed by atoms with Gasteiger partial charge in [-0.3, -0.25) is 4.79 Å². The van der Waals surface area contributed by atoms with Crippen LogP contribution in [-0.2, 0) is 11.3 Å². The van der Waals surface area contributed by atoms with Gasteiger partial charge < -0.3 is 15.5 Å². The predicted molar refractivity (Wildman–Crippen MR) is 103 cm³/mol. The zero-order valence-corrected chi connectivity index (χ0v) is 15.8. The molecular formula is C19H31N3OS. The van der Waals surface area contributed by atoms with Crippen molar-refractivity contribution in [3.63, 3.8) is 0 Å². The lowest BCUT2D eigenvalue weighted by atomic mass is 9.95. The van der Waals surface area contributed by atoms with E-state index in [9.17, 15) is 4.79 Å². The molecule has 1 aromatic rings. The number of amides is 1. The number of likely N-dealkylation sites (tertiary alicyclic amines) is 1. The van der Waals surface area contributed by atoms with E-state index in [0.717, 1.165) is 51.2 Å². The summed E-state index contributed by atoms with van der Waals surface area (Å²) < 4.78 is 0. The lowest BCUT2D eigenvalue weighted by Gasteiger charge is -2.35. The van der Waals surface area contributed by atoms with Crippen molar-refractivity contribution in [2.75, 3.05) is 38.7 Å². The molecule has 1 fully saturated rings. The van der Waals surface area contributed by atoms with Crippen LogP contribution in [0.4, 0.5) is 0 Å². The van der Waals surface area contributed by atoms with Gasteiger partial charge in [0.2, 0.25) is 5.91 Å². The fraction of sp³-hybridized carbons (Fsp3) is 0.632. The van der Waals surface area contributed by atoms with Gasteiger partial charge in [0.25, 0.3) is 0 Å². The van der Waals surface area contributed by atoms with Crippen molar-refractivity contribution in [3.8, 4) is 0 Å². The van der Waals surface area contributed by atoms with Gasteiger partial charge in [0.1, 0.15) is 0 Å². The van der Waals surface area contributed by atoms with Crippen molar-refractivity contribution in [1.82, 2.24) is 9.80 Å². The maximum Gasteiger partial charge on any atom is 0.239 e. The topological polar surface area (TPSA) is 49.6 Å². The quantitative estimate of drug-likeness (QED) is 0.783. The maximum absolute atomic E-state index is 12.4. The summed E-state index contributed by atoms with van der Waals surface area (Å²) >= 11 is 1.75. The molecule has 0 radical (unpaired) electrons. The molecule has 1 aromatic carbocycles. The Morgan fingerprint density at radius 1 is 1.33 bits per heavy atom. The second kappa shape index (κ2) is 10.1. The number of piperidine rings is 1. The second-order valence-corrected chi connectivity index (χ2v) is 7.82. The Hall–Kier alpha value is -1.04. The minimum absolute atomic E-state index is 0.139. The third-order valence-corrected chi connectivity index (χ3v) is 5.39. The van der Waals surface area contributed by atoms with Crippen molar-refractivity contribution in [2.45, 2.75) is 31.8 Å². The summed E-state index contributed by atoms with van der Waals surface area (Å²) in [5.74, 6) is 1.76. The molecule has 1 heterocycles. The van der Waals surface area contributed by atoms with Crippen molar-refractivity contribution >= 4 is 17.7 Å². The average molecular weight is 350 g/mol. The van der Waals surface area contributed by atoms with E-state index in [1.54, 1.807) is 11.8 Å². The van der Waals surface area contributed by atoms with E-state index in [4.69, 9.17) is 5.73 Å². The third-order valence-electron chi connectivity index (χ3n) is 4.74. The fourth-order valence-corrected chi connectivity index (χ4v) is 3.83. The number of benzene rings is 1. The highest BCUT2D eigenvalue weighted by atomic mass is 32.2. The van der Waals surface area contributed by atoms with Crippen LogP contribution in [0.2, 0.25) is 0 Å². The Bertz CT molecular complexity index is 489. The van der Waals surface area contributed by atoms with Gasteiger partial charge in [-0.1, -0.05) is 30.3 Å². The van der Waals surface area contributed by atoms with Gasteiger partial charge in [-0.05, 0) is 49.8 Å². The van der Waals surface area contributed by atoms with Crippen LogP contribution in [0.5, 0.6) is 0 Å². The van der Waals surface area contributed by atoms with Gasteiger partial charge in [0.15, 0.2) is 0 Å². The Balaban J connectivity index is 1.71. The molecule has 1 saturated heterocycles. The molecule has 2 N–H and O–H groups in total. The smallest absolute Gasteiger partial charge is 0.239 e. The number of thioether (sulfide) groups is 1.